The average molecular weight is 1240 g/mol. The van der Waals surface area contributed by atoms with Gasteiger partial charge in [0, 0.05) is 83.6 Å². The van der Waals surface area contributed by atoms with E-state index in [0.29, 0.717) is 95.1 Å². The quantitative estimate of drug-likeness (QED) is 0.107. The van der Waals surface area contributed by atoms with Crippen LogP contribution in [0.4, 0.5) is 21.2 Å². The summed E-state index contributed by atoms with van der Waals surface area (Å²) in [6.07, 6.45) is 4.71. The minimum Gasteiger partial charge on any atom is -0.497 e. The van der Waals surface area contributed by atoms with Crippen LogP contribution in [0.3, 0.4) is 0 Å². The van der Waals surface area contributed by atoms with Crippen molar-refractivity contribution in [2.75, 3.05) is 82.3 Å². The Hall–Kier alpha value is -6.70. The Morgan fingerprint density at radius 3 is 1.54 bits per heavy atom. The summed E-state index contributed by atoms with van der Waals surface area (Å²) in [6, 6.07) is 14.4. The first-order chi connectivity index (χ1) is 40.4. The average Bonchev–Trinajstić information content (AvgIpc) is 2.86. The van der Waals surface area contributed by atoms with E-state index < -0.39 is 23.4 Å². The highest BCUT2D eigenvalue weighted by Crippen LogP contribution is 2.38. The molecule has 0 bridgehead atoms. The number of methoxy groups -OCH3 is 2. The lowest BCUT2D eigenvalue weighted by molar-refractivity contribution is -0.116. The third kappa shape index (κ3) is 15.7. The van der Waals surface area contributed by atoms with Crippen LogP contribution in [0.1, 0.15) is 78.6 Å². The Balaban J connectivity index is 0.000000204. The number of nitrogens with one attached hydrogen (secondary N) is 1. The van der Waals surface area contributed by atoms with E-state index in [-0.39, 0.29) is 48.1 Å². The number of amides is 4. The van der Waals surface area contributed by atoms with Crippen LogP contribution in [-0.4, -0.2) is 168 Å². The standard InChI is InChI=1S/C30H37ClN6O5S.C29H35ClN6O5S/c1-30(2,3)42-29(40)37(17-23-21(31)15-25-28(33-23)34(4)27(39)18-43-25)19-8-10-35(11-9-19)12-13-36-24-14-20(41-5)6-7-22(24)32-16-26(36)38;1-29(2,3)41-28(39)36(16-22-20(30)14-24-27(32-22)33-25(37)17-42-24)18-7-9-34(10-8-18)11-12-35-23-13-19(40-4)5-6-21(23)31-15-26(35)38/h6-7,14-16,19H,8-13,17-18H2,1-5H3;5-6,13-15,18H,7-12,16-17H2,1-4H3,(H,32,33,37). The first kappa shape index (κ1) is 62.8. The predicted octanol–water partition coefficient (Wildman–Crippen LogP) is 8.82. The molecule has 4 aliphatic heterocycles. The van der Waals surface area contributed by atoms with Crippen molar-refractivity contribution in [2.24, 2.45) is 0 Å². The molecule has 0 radical (unpaired) electrons. The Morgan fingerprint density at radius 2 is 1.08 bits per heavy atom. The monoisotopic (exact) mass is 1240 g/mol. The number of anilines is 2. The SMILES string of the molecule is COc1ccc2ncc(=O)n(CCN3CCC(N(Cc4nc5c(cc4Cl)SCC(=O)N5)C(=O)OC(C)(C)C)CC3)c2c1.COc1ccc2ncc(=O)n(CCN3CCC(N(Cc4nc5c(cc4Cl)SCC(=O)N5C)C(=O)OC(C)(C)C)CC3)c2c1. The number of carbonyl (C=O) groups excluding carboxylic acids is 4. The fourth-order valence-electron chi connectivity index (χ4n) is 10.5. The number of piperidine rings is 2. The number of hydrogen-bond acceptors (Lipinski definition) is 18. The number of hydrogen-bond donors (Lipinski definition) is 1. The summed E-state index contributed by atoms with van der Waals surface area (Å²) >= 11 is 16.1. The number of halogens is 2. The Morgan fingerprint density at radius 1 is 0.635 bits per heavy atom. The molecule has 4 aromatic heterocycles. The Labute approximate surface area is 511 Å². The molecule has 2 fully saturated rings. The van der Waals surface area contributed by atoms with Gasteiger partial charge in [0.1, 0.15) is 34.3 Å². The van der Waals surface area contributed by atoms with E-state index in [1.807, 2.05) is 84.0 Å². The summed E-state index contributed by atoms with van der Waals surface area (Å²) in [5.74, 6) is 2.85. The van der Waals surface area contributed by atoms with Gasteiger partial charge in [0.2, 0.25) is 11.8 Å². The largest absolute Gasteiger partial charge is 0.497 e. The molecule has 4 aliphatic rings. The smallest absolute Gasteiger partial charge is 0.410 e. The molecule has 0 aliphatic carbocycles. The van der Waals surface area contributed by atoms with Gasteiger partial charge in [0.05, 0.1) is 104 Å². The molecule has 10 rings (SSSR count). The number of nitrogens with zero attached hydrogens (tertiary/aromatic N) is 11. The van der Waals surface area contributed by atoms with Crippen molar-refractivity contribution in [3.8, 4) is 11.5 Å². The van der Waals surface area contributed by atoms with E-state index in [4.69, 9.17) is 47.1 Å². The molecule has 0 atom stereocenters. The van der Waals surface area contributed by atoms with E-state index in [0.717, 1.165) is 70.9 Å². The van der Waals surface area contributed by atoms with Gasteiger partial charge in [-0.05, 0) is 104 Å². The van der Waals surface area contributed by atoms with Crippen LogP contribution in [0.2, 0.25) is 10.0 Å². The number of fused-ring (bicyclic) bond motifs is 4. The van der Waals surface area contributed by atoms with Gasteiger partial charge in [-0.1, -0.05) is 23.2 Å². The number of rotatable bonds is 14. The lowest BCUT2D eigenvalue weighted by atomic mass is 10.0. The van der Waals surface area contributed by atoms with E-state index >= 15 is 0 Å². The van der Waals surface area contributed by atoms with Gasteiger partial charge in [0.15, 0.2) is 0 Å². The molecule has 85 heavy (non-hydrogen) atoms. The fourth-order valence-corrected chi connectivity index (χ4v) is 12.8. The molecule has 2 aromatic carbocycles. The molecule has 6 aromatic rings. The molecule has 1 N–H and O–H groups in total. The van der Waals surface area contributed by atoms with E-state index in [1.165, 1.54) is 40.8 Å². The fraction of sp³-hybridized carbons (Fsp3) is 0.492. The zero-order valence-corrected chi connectivity index (χ0v) is 52.5. The molecule has 0 unspecified atom stereocenters. The zero-order valence-electron chi connectivity index (χ0n) is 49.3. The highest BCUT2D eigenvalue weighted by molar-refractivity contribution is 8.00. The Bertz CT molecular complexity index is 3600. The van der Waals surface area contributed by atoms with Gasteiger partial charge in [-0.2, -0.15) is 0 Å². The molecule has 454 valence electrons. The maximum absolute atomic E-state index is 13.5. The van der Waals surface area contributed by atoms with Crippen molar-refractivity contribution in [2.45, 2.75) is 126 Å². The summed E-state index contributed by atoms with van der Waals surface area (Å²) < 4.78 is 25.7. The molecule has 22 nitrogen and oxygen atoms in total. The van der Waals surface area contributed by atoms with Crippen LogP contribution >= 0.6 is 46.7 Å². The molecular weight excluding hydrogens is 1170 g/mol. The van der Waals surface area contributed by atoms with Gasteiger partial charge in [-0.3, -0.25) is 33.9 Å². The van der Waals surface area contributed by atoms with Crippen LogP contribution in [-0.2, 0) is 45.2 Å². The van der Waals surface area contributed by atoms with Crippen molar-refractivity contribution in [1.29, 1.82) is 0 Å². The molecule has 4 amide bonds. The molecule has 26 heteroatoms. The molecular formula is C59H72Cl2N12O10S2. The predicted molar refractivity (Wildman–Crippen MR) is 330 cm³/mol. The van der Waals surface area contributed by atoms with Gasteiger partial charge in [0.25, 0.3) is 11.1 Å². The van der Waals surface area contributed by atoms with Gasteiger partial charge in [-0.15, -0.1) is 23.5 Å². The summed E-state index contributed by atoms with van der Waals surface area (Å²) in [6.45, 7) is 16.7. The number of benzene rings is 2. The Kier molecular flexibility index (Phi) is 19.9. The summed E-state index contributed by atoms with van der Waals surface area (Å²) in [4.78, 5) is 106. The van der Waals surface area contributed by atoms with Crippen molar-refractivity contribution < 1.29 is 38.1 Å². The molecule has 0 spiro atoms. The number of aromatic nitrogens is 6. The van der Waals surface area contributed by atoms with E-state index in [9.17, 15) is 28.8 Å². The maximum Gasteiger partial charge on any atom is 0.410 e. The first-order valence-electron chi connectivity index (χ1n) is 28.2. The topological polar surface area (TPSA) is 229 Å². The second-order valence-corrected chi connectivity index (χ2v) is 26.0. The minimum atomic E-state index is -0.671. The zero-order chi connectivity index (χ0) is 60.9. The van der Waals surface area contributed by atoms with Crippen molar-refractivity contribution in [3.05, 3.63) is 103 Å². The van der Waals surface area contributed by atoms with Crippen molar-refractivity contribution in [1.82, 2.24) is 48.7 Å². The van der Waals surface area contributed by atoms with E-state index in [1.54, 1.807) is 46.3 Å². The number of ether oxygens (including phenoxy) is 4. The second-order valence-electron chi connectivity index (χ2n) is 23.1. The summed E-state index contributed by atoms with van der Waals surface area (Å²) in [7, 11) is 4.89. The normalized spacial score (nSPS) is 16.2. The molecule has 8 heterocycles. The highest BCUT2D eigenvalue weighted by Gasteiger charge is 2.35. The van der Waals surface area contributed by atoms with Crippen LogP contribution in [0, 0.1) is 0 Å². The van der Waals surface area contributed by atoms with Crippen LogP contribution < -0.4 is 30.8 Å². The lowest BCUT2D eigenvalue weighted by Crippen LogP contribution is -2.49. The second kappa shape index (κ2) is 26.9. The van der Waals surface area contributed by atoms with Crippen LogP contribution in [0.25, 0.3) is 22.1 Å². The third-order valence-electron chi connectivity index (χ3n) is 14.9. The van der Waals surface area contributed by atoms with Crippen LogP contribution in [0.5, 0.6) is 11.5 Å². The lowest BCUT2D eigenvalue weighted by Gasteiger charge is -2.39. The van der Waals surface area contributed by atoms with Crippen LogP contribution in [0.15, 0.2) is 80.3 Å². The molecule has 2 saturated heterocycles. The number of carbonyl (C=O) groups is 4. The highest BCUT2D eigenvalue weighted by atomic mass is 35.5. The maximum atomic E-state index is 13.5. The van der Waals surface area contributed by atoms with Crippen molar-refractivity contribution >= 4 is 104 Å². The summed E-state index contributed by atoms with van der Waals surface area (Å²) in [5, 5.41) is 3.69. The van der Waals surface area contributed by atoms with Gasteiger partial charge >= 0.3 is 12.2 Å². The first-order valence-corrected chi connectivity index (χ1v) is 30.9. The van der Waals surface area contributed by atoms with Gasteiger partial charge < -0.3 is 43.2 Å². The summed E-state index contributed by atoms with van der Waals surface area (Å²) in [5.41, 5.74) is 2.30. The van der Waals surface area contributed by atoms with Crippen molar-refractivity contribution in [3.63, 3.8) is 0 Å². The number of thioether (sulfide) groups is 2. The molecule has 0 saturated carbocycles. The van der Waals surface area contributed by atoms with E-state index in [2.05, 4.69) is 30.1 Å². The van der Waals surface area contributed by atoms with Gasteiger partial charge in [-0.25, -0.2) is 29.5 Å². The number of pyridine rings is 2. The third-order valence-corrected chi connectivity index (χ3v) is 17.6. The minimum absolute atomic E-state index is 0.0317. The number of likely N-dealkylation sites (tertiary alicyclic amines) is 2.